The summed E-state index contributed by atoms with van der Waals surface area (Å²) in [6.07, 6.45) is 3.91. The number of rotatable bonds is 4. The monoisotopic (exact) mass is 283 g/mol. The van der Waals surface area contributed by atoms with Crippen LogP contribution in [-0.4, -0.2) is 12.3 Å². The van der Waals surface area contributed by atoms with Crippen LogP contribution in [-0.2, 0) is 11.2 Å². The minimum atomic E-state index is -0.353. The topological polar surface area (TPSA) is 43.1 Å². The molecule has 1 saturated carbocycles. The molecule has 4 heteroatoms. The van der Waals surface area contributed by atoms with Crippen LogP contribution in [0.3, 0.4) is 0 Å². The number of hydrogen-bond donors (Lipinski definition) is 1. The lowest BCUT2D eigenvalue weighted by Gasteiger charge is -2.26. The number of benzene rings is 1. The first-order valence-corrected chi connectivity index (χ1v) is 7.14. The molecule has 0 saturated heterocycles. The fraction of sp³-hybridized carbons (Fsp3) is 0.533. The molecule has 19 heavy (non-hydrogen) atoms. The maximum absolute atomic E-state index is 13.6. The van der Waals surface area contributed by atoms with Gasteiger partial charge in [0.25, 0.3) is 0 Å². The second-order valence-electron chi connectivity index (χ2n) is 5.33. The first kappa shape index (κ1) is 14.5. The number of nitrogens with two attached hydrogens (primary N) is 1. The van der Waals surface area contributed by atoms with E-state index in [1.165, 1.54) is 12.1 Å². The average molecular weight is 284 g/mol. The van der Waals surface area contributed by atoms with E-state index in [1.54, 1.807) is 6.07 Å². The maximum Gasteiger partial charge on any atom is 0.140 e. The number of carbonyl (C=O) groups excluding carboxylic acids is 1. The number of carbonyl (C=O) groups is 1. The van der Waals surface area contributed by atoms with Crippen molar-refractivity contribution in [1.29, 1.82) is 0 Å². The predicted molar refractivity (Wildman–Crippen MR) is 74.6 cm³/mol. The van der Waals surface area contributed by atoms with Crippen LogP contribution in [0.5, 0.6) is 0 Å². The Morgan fingerprint density at radius 3 is 2.63 bits per heavy atom. The van der Waals surface area contributed by atoms with Crippen LogP contribution in [0, 0.1) is 17.7 Å². The van der Waals surface area contributed by atoms with Gasteiger partial charge in [0.05, 0.1) is 0 Å². The van der Waals surface area contributed by atoms with Gasteiger partial charge in [-0.05, 0) is 61.9 Å². The van der Waals surface area contributed by atoms with Gasteiger partial charge in [0.2, 0.25) is 0 Å². The van der Waals surface area contributed by atoms with Gasteiger partial charge in [-0.3, -0.25) is 4.79 Å². The number of ketones is 1. The van der Waals surface area contributed by atoms with Crippen LogP contribution in [0.2, 0.25) is 5.02 Å². The summed E-state index contributed by atoms with van der Waals surface area (Å²) in [7, 11) is 0. The van der Waals surface area contributed by atoms with E-state index in [0.717, 1.165) is 25.7 Å². The molecule has 0 atom stereocenters. The second-order valence-corrected chi connectivity index (χ2v) is 5.77. The first-order chi connectivity index (χ1) is 9.10. The summed E-state index contributed by atoms with van der Waals surface area (Å²) in [6.45, 7) is 0.698. The molecular weight excluding hydrogens is 265 g/mol. The van der Waals surface area contributed by atoms with Crippen LogP contribution < -0.4 is 5.73 Å². The standard InChI is InChI=1S/C15H19ClFNO/c16-13-5-6-14(17)12(7-13)8-15(19)11-3-1-10(9-18)2-4-11/h5-7,10-11H,1-4,8-9,18H2. The normalized spacial score (nSPS) is 23.3. The predicted octanol–water partition coefficient (Wildman–Crippen LogP) is 3.36. The van der Waals surface area contributed by atoms with Crippen LogP contribution in [0.25, 0.3) is 0 Å². The van der Waals surface area contributed by atoms with Gasteiger partial charge < -0.3 is 5.73 Å². The van der Waals surface area contributed by atoms with Gasteiger partial charge in [-0.25, -0.2) is 4.39 Å². The van der Waals surface area contributed by atoms with Gasteiger partial charge in [-0.2, -0.15) is 0 Å². The summed E-state index contributed by atoms with van der Waals surface area (Å²) < 4.78 is 13.6. The number of halogens is 2. The third-order valence-electron chi connectivity index (χ3n) is 4.01. The molecular formula is C15H19ClFNO. The Labute approximate surface area is 118 Å². The fourth-order valence-corrected chi connectivity index (χ4v) is 2.93. The van der Waals surface area contributed by atoms with Crippen molar-refractivity contribution in [3.05, 3.63) is 34.6 Å². The molecule has 1 fully saturated rings. The molecule has 1 aromatic rings. The van der Waals surface area contributed by atoms with Crippen LogP contribution in [0.4, 0.5) is 4.39 Å². The molecule has 2 N–H and O–H groups in total. The van der Waals surface area contributed by atoms with Gasteiger partial charge in [0, 0.05) is 17.4 Å². The molecule has 0 spiro atoms. The Hall–Kier alpha value is -0.930. The van der Waals surface area contributed by atoms with Gasteiger partial charge in [0.1, 0.15) is 11.6 Å². The number of hydrogen-bond acceptors (Lipinski definition) is 2. The first-order valence-electron chi connectivity index (χ1n) is 6.77. The van der Waals surface area contributed by atoms with E-state index in [0.29, 0.717) is 23.0 Å². The third-order valence-corrected chi connectivity index (χ3v) is 4.24. The quantitative estimate of drug-likeness (QED) is 0.921. The Kier molecular flexibility index (Phi) is 4.94. The highest BCUT2D eigenvalue weighted by Gasteiger charge is 2.26. The average Bonchev–Trinajstić information content (AvgIpc) is 2.43. The molecule has 1 aliphatic rings. The molecule has 0 unspecified atom stereocenters. The van der Waals surface area contributed by atoms with E-state index in [4.69, 9.17) is 17.3 Å². The minimum Gasteiger partial charge on any atom is -0.330 e. The molecule has 104 valence electrons. The lowest BCUT2D eigenvalue weighted by atomic mass is 9.79. The van der Waals surface area contributed by atoms with Crippen LogP contribution in [0.1, 0.15) is 31.2 Å². The molecule has 2 rings (SSSR count). The Bertz CT molecular complexity index is 455. The molecule has 0 bridgehead atoms. The Morgan fingerprint density at radius 1 is 1.32 bits per heavy atom. The maximum atomic E-state index is 13.6. The molecule has 0 aliphatic heterocycles. The van der Waals surface area contributed by atoms with Crippen molar-refractivity contribution < 1.29 is 9.18 Å². The fourth-order valence-electron chi connectivity index (χ4n) is 2.73. The van der Waals surface area contributed by atoms with Gasteiger partial charge >= 0.3 is 0 Å². The highest BCUT2D eigenvalue weighted by atomic mass is 35.5. The molecule has 2 nitrogen and oxygen atoms in total. The summed E-state index contributed by atoms with van der Waals surface area (Å²) in [4.78, 5) is 12.2. The van der Waals surface area contributed by atoms with Crippen molar-refractivity contribution in [3.63, 3.8) is 0 Å². The highest BCUT2D eigenvalue weighted by Crippen LogP contribution is 2.29. The van der Waals surface area contributed by atoms with E-state index < -0.39 is 0 Å². The zero-order valence-corrected chi connectivity index (χ0v) is 11.6. The molecule has 1 aromatic carbocycles. The zero-order chi connectivity index (χ0) is 13.8. The van der Waals surface area contributed by atoms with Gasteiger partial charge in [0.15, 0.2) is 0 Å². The second kappa shape index (κ2) is 6.49. The van der Waals surface area contributed by atoms with E-state index in [1.807, 2.05) is 0 Å². The van der Waals surface area contributed by atoms with Crippen molar-refractivity contribution in [2.75, 3.05) is 6.54 Å². The Balaban J connectivity index is 1.96. The zero-order valence-electron chi connectivity index (χ0n) is 10.9. The Morgan fingerprint density at radius 2 is 2.00 bits per heavy atom. The number of Topliss-reactive ketones (excluding diaryl/α,β-unsaturated/α-hetero) is 1. The lowest BCUT2D eigenvalue weighted by Crippen LogP contribution is -2.26. The molecule has 0 radical (unpaired) electrons. The van der Waals surface area contributed by atoms with Gasteiger partial charge in [-0.1, -0.05) is 11.6 Å². The lowest BCUT2D eigenvalue weighted by molar-refractivity contribution is -0.123. The van der Waals surface area contributed by atoms with Crippen LogP contribution in [0.15, 0.2) is 18.2 Å². The largest absolute Gasteiger partial charge is 0.330 e. The van der Waals surface area contributed by atoms with Crippen molar-refractivity contribution in [3.8, 4) is 0 Å². The third kappa shape index (κ3) is 3.77. The van der Waals surface area contributed by atoms with Gasteiger partial charge in [-0.15, -0.1) is 0 Å². The molecule has 0 amide bonds. The molecule has 1 aliphatic carbocycles. The molecule has 0 heterocycles. The highest BCUT2D eigenvalue weighted by molar-refractivity contribution is 6.30. The summed E-state index contributed by atoms with van der Waals surface area (Å²) in [5.41, 5.74) is 6.04. The summed E-state index contributed by atoms with van der Waals surface area (Å²) in [5, 5.41) is 0.469. The summed E-state index contributed by atoms with van der Waals surface area (Å²) in [5.74, 6) is 0.373. The van der Waals surface area contributed by atoms with E-state index in [2.05, 4.69) is 0 Å². The van der Waals surface area contributed by atoms with E-state index in [-0.39, 0.29) is 23.9 Å². The van der Waals surface area contributed by atoms with Crippen molar-refractivity contribution >= 4 is 17.4 Å². The minimum absolute atomic E-state index is 0.0566. The smallest absolute Gasteiger partial charge is 0.140 e. The summed E-state index contributed by atoms with van der Waals surface area (Å²) in [6, 6.07) is 4.36. The van der Waals surface area contributed by atoms with Crippen molar-refractivity contribution in [2.45, 2.75) is 32.1 Å². The van der Waals surface area contributed by atoms with E-state index >= 15 is 0 Å². The van der Waals surface area contributed by atoms with Crippen molar-refractivity contribution in [2.24, 2.45) is 17.6 Å². The van der Waals surface area contributed by atoms with Crippen molar-refractivity contribution in [1.82, 2.24) is 0 Å². The SMILES string of the molecule is NCC1CCC(C(=O)Cc2cc(Cl)ccc2F)CC1. The summed E-state index contributed by atoms with van der Waals surface area (Å²) >= 11 is 5.83. The van der Waals surface area contributed by atoms with Crippen LogP contribution >= 0.6 is 11.6 Å². The molecule has 0 aromatic heterocycles. The van der Waals surface area contributed by atoms with E-state index in [9.17, 15) is 9.18 Å².